The maximum Gasteiger partial charge on any atom is 0.228 e. The van der Waals surface area contributed by atoms with Crippen LogP contribution in [0.1, 0.15) is 26.2 Å². The molecule has 1 amide bonds. The third-order valence-electron chi connectivity index (χ3n) is 2.59. The summed E-state index contributed by atoms with van der Waals surface area (Å²) in [5, 5.41) is 0. The molecule has 0 aromatic heterocycles. The van der Waals surface area contributed by atoms with Crippen LogP contribution in [0.4, 0.5) is 0 Å². The van der Waals surface area contributed by atoms with Gasteiger partial charge in [0.2, 0.25) is 5.91 Å². The topological polar surface area (TPSA) is 37.4 Å². The third-order valence-corrected chi connectivity index (χ3v) is 2.59. The lowest BCUT2D eigenvalue weighted by Crippen LogP contribution is -2.51. The second-order valence-corrected chi connectivity index (χ2v) is 3.41. The maximum absolute atomic E-state index is 11.0. The van der Waals surface area contributed by atoms with Crippen molar-refractivity contribution in [2.45, 2.75) is 32.2 Å². The van der Waals surface area contributed by atoms with E-state index < -0.39 is 0 Å². The van der Waals surface area contributed by atoms with E-state index in [-0.39, 0.29) is 11.7 Å². The quantitative estimate of drug-likeness (QED) is 0.540. The van der Waals surface area contributed by atoms with Crippen LogP contribution in [0.5, 0.6) is 0 Å². The minimum Gasteiger partial charge on any atom is -0.315 e. The average molecular weight is 165 g/mol. The van der Waals surface area contributed by atoms with E-state index in [1.54, 1.807) is 18.0 Å². The van der Waals surface area contributed by atoms with Crippen molar-refractivity contribution >= 4 is 11.7 Å². The predicted octanol–water partition coefficient (Wildman–Crippen LogP) is 0.854. The largest absolute Gasteiger partial charge is 0.315 e. The van der Waals surface area contributed by atoms with Crippen molar-refractivity contribution in [2.75, 3.05) is 0 Å². The number of carbonyl (C=O) groups is 2. The van der Waals surface area contributed by atoms with Gasteiger partial charge in [-0.25, -0.2) is 0 Å². The lowest BCUT2D eigenvalue weighted by Gasteiger charge is -2.41. The molecule has 1 fully saturated rings. The molecule has 2 aliphatic rings. The first-order valence-electron chi connectivity index (χ1n) is 4.21. The molecule has 0 radical (unpaired) electrons. The second kappa shape index (κ2) is 2.44. The Morgan fingerprint density at radius 1 is 1.67 bits per heavy atom. The van der Waals surface area contributed by atoms with E-state index in [2.05, 4.69) is 0 Å². The van der Waals surface area contributed by atoms with Crippen LogP contribution in [0.2, 0.25) is 0 Å². The first-order valence-corrected chi connectivity index (χ1v) is 4.21. The highest BCUT2D eigenvalue weighted by Gasteiger charge is 2.37. The lowest BCUT2D eigenvalue weighted by molar-refractivity contribution is -0.142. The maximum atomic E-state index is 11.0. The summed E-state index contributed by atoms with van der Waals surface area (Å²) < 4.78 is 0. The van der Waals surface area contributed by atoms with Crippen LogP contribution in [0.15, 0.2) is 11.8 Å². The molecule has 3 nitrogen and oxygen atoms in total. The highest BCUT2D eigenvalue weighted by molar-refractivity contribution is 5.95. The van der Waals surface area contributed by atoms with Gasteiger partial charge in [-0.3, -0.25) is 9.59 Å². The van der Waals surface area contributed by atoms with Crippen molar-refractivity contribution in [1.29, 1.82) is 0 Å². The molecule has 3 heteroatoms. The van der Waals surface area contributed by atoms with Gasteiger partial charge >= 0.3 is 0 Å². The van der Waals surface area contributed by atoms with Gasteiger partial charge in [0.1, 0.15) is 0 Å². The number of Topliss-reactive ketones (excluding diaryl/α,β-unsaturated/α-hetero) is 1. The molecule has 1 atom stereocenters. The number of nitrogens with zero attached hydrogens (tertiary/aromatic N) is 1. The SMILES string of the molecule is CC(=O)C1=CN2C(=O)C[C@@H]2CC1. The van der Waals surface area contributed by atoms with Crippen molar-refractivity contribution in [2.24, 2.45) is 0 Å². The molecule has 0 bridgehead atoms. The van der Waals surface area contributed by atoms with Gasteiger partial charge < -0.3 is 4.90 Å². The smallest absolute Gasteiger partial charge is 0.228 e. The Kier molecular flexibility index (Phi) is 1.53. The van der Waals surface area contributed by atoms with Crippen molar-refractivity contribution in [3.63, 3.8) is 0 Å². The number of hydrogen-bond acceptors (Lipinski definition) is 2. The van der Waals surface area contributed by atoms with E-state index in [1.165, 1.54) is 0 Å². The number of allylic oxidation sites excluding steroid dienone is 1. The molecule has 2 rings (SSSR count). The minimum absolute atomic E-state index is 0.0909. The molecule has 2 heterocycles. The van der Waals surface area contributed by atoms with Gasteiger partial charge in [-0.05, 0) is 19.8 Å². The summed E-state index contributed by atoms with van der Waals surface area (Å²) in [5.74, 6) is 0.242. The van der Waals surface area contributed by atoms with Gasteiger partial charge in [-0.15, -0.1) is 0 Å². The van der Waals surface area contributed by atoms with Crippen molar-refractivity contribution in [3.8, 4) is 0 Å². The summed E-state index contributed by atoms with van der Waals surface area (Å²) in [4.78, 5) is 23.7. The molecule has 0 spiro atoms. The Morgan fingerprint density at radius 2 is 2.42 bits per heavy atom. The summed E-state index contributed by atoms with van der Waals surface area (Å²) in [6.45, 7) is 1.55. The molecular formula is C9H11NO2. The molecular weight excluding hydrogens is 154 g/mol. The molecule has 0 unspecified atom stereocenters. The third kappa shape index (κ3) is 0.967. The zero-order chi connectivity index (χ0) is 8.72. The van der Waals surface area contributed by atoms with Gasteiger partial charge in [0, 0.05) is 24.2 Å². The number of fused-ring (bicyclic) bond motifs is 1. The van der Waals surface area contributed by atoms with Gasteiger partial charge in [0.15, 0.2) is 5.78 Å². The highest BCUT2D eigenvalue weighted by Crippen LogP contribution is 2.30. The van der Waals surface area contributed by atoms with Gasteiger partial charge in [0.05, 0.1) is 0 Å². The van der Waals surface area contributed by atoms with Crippen LogP contribution in [0, 0.1) is 0 Å². The summed E-state index contributed by atoms with van der Waals surface area (Å²) >= 11 is 0. The minimum atomic E-state index is 0.0909. The Labute approximate surface area is 71.0 Å². The number of amides is 1. The Balaban J connectivity index is 2.19. The summed E-state index contributed by atoms with van der Waals surface area (Å²) in [6, 6.07) is 0.389. The summed E-state index contributed by atoms with van der Waals surface area (Å²) in [6.07, 6.45) is 4.19. The molecule has 0 N–H and O–H groups in total. The van der Waals surface area contributed by atoms with Crippen LogP contribution in [-0.2, 0) is 9.59 Å². The molecule has 0 saturated carbocycles. The van der Waals surface area contributed by atoms with Crippen LogP contribution in [0.25, 0.3) is 0 Å². The lowest BCUT2D eigenvalue weighted by atomic mass is 9.90. The number of ketones is 1. The Bertz CT molecular complexity index is 280. The Hall–Kier alpha value is -1.12. The number of hydrogen-bond donors (Lipinski definition) is 0. The van der Waals surface area contributed by atoms with Crippen LogP contribution >= 0.6 is 0 Å². The molecule has 1 saturated heterocycles. The summed E-state index contributed by atoms with van der Waals surface area (Å²) in [5.41, 5.74) is 0.791. The van der Waals surface area contributed by atoms with Crippen molar-refractivity contribution in [1.82, 2.24) is 4.90 Å². The molecule has 12 heavy (non-hydrogen) atoms. The number of rotatable bonds is 1. The van der Waals surface area contributed by atoms with Crippen molar-refractivity contribution in [3.05, 3.63) is 11.8 Å². The van der Waals surface area contributed by atoms with Crippen LogP contribution in [-0.4, -0.2) is 22.6 Å². The predicted molar refractivity (Wildman–Crippen MR) is 43.2 cm³/mol. The average Bonchev–Trinajstić information content (AvgIpc) is 2.02. The molecule has 64 valence electrons. The zero-order valence-corrected chi connectivity index (χ0v) is 7.04. The first-order chi connectivity index (χ1) is 5.68. The van der Waals surface area contributed by atoms with E-state index in [0.717, 1.165) is 18.4 Å². The fourth-order valence-electron chi connectivity index (χ4n) is 1.74. The normalized spacial score (nSPS) is 27.4. The highest BCUT2D eigenvalue weighted by atomic mass is 16.2. The molecule has 2 aliphatic heterocycles. The summed E-state index contributed by atoms with van der Waals surface area (Å²) in [7, 11) is 0. The van der Waals surface area contributed by atoms with E-state index >= 15 is 0 Å². The standard InChI is InChI=1S/C9H11NO2/c1-6(11)7-2-3-8-4-9(12)10(8)5-7/h5,8H,2-4H2,1H3/t8-/m0/s1. The second-order valence-electron chi connectivity index (χ2n) is 3.41. The number of carbonyl (C=O) groups excluding carboxylic acids is 2. The van der Waals surface area contributed by atoms with Gasteiger partial charge in [-0.2, -0.15) is 0 Å². The number of β-lactam (4-membered cyclic amide) rings is 1. The van der Waals surface area contributed by atoms with E-state index in [0.29, 0.717) is 12.5 Å². The molecule has 0 aromatic carbocycles. The fraction of sp³-hybridized carbons (Fsp3) is 0.556. The van der Waals surface area contributed by atoms with E-state index in [4.69, 9.17) is 0 Å². The van der Waals surface area contributed by atoms with Crippen LogP contribution in [0.3, 0.4) is 0 Å². The van der Waals surface area contributed by atoms with E-state index in [9.17, 15) is 9.59 Å². The fourth-order valence-corrected chi connectivity index (χ4v) is 1.74. The monoisotopic (exact) mass is 165 g/mol. The van der Waals surface area contributed by atoms with Crippen LogP contribution < -0.4 is 0 Å². The van der Waals surface area contributed by atoms with Gasteiger partial charge in [-0.1, -0.05) is 0 Å². The van der Waals surface area contributed by atoms with Crippen molar-refractivity contribution < 1.29 is 9.59 Å². The first kappa shape index (κ1) is 7.53. The van der Waals surface area contributed by atoms with E-state index in [1.807, 2.05) is 0 Å². The van der Waals surface area contributed by atoms with Gasteiger partial charge in [0.25, 0.3) is 0 Å². The zero-order valence-electron chi connectivity index (χ0n) is 7.04. The Morgan fingerprint density at radius 3 is 3.00 bits per heavy atom. The molecule has 0 aliphatic carbocycles. The molecule has 0 aromatic rings.